The fourth-order valence-electron chi connectivity index (χ4n) is 4.80. The van der Waals surface area contributed by atoms with E-state index in [-0.39, 0.29) is 24.2 Å². The van der Waals surface area contributed by atoms with E-state index < -0.39 is 17.7 Å². The van der Waals surface area contributed by atoms with Gasteiger partial charge in [0.1, 0.15) is 5.75 Å². The Balaban J connectivity index is 1.33. The second kappa shape index (κ2) is 9.87. The van der Waals surface area contributed by atoms with Gasteiger partial charge in [0.05, 0.1) is 12.2 Å². The van der Waals surface area contributed by atoms with Gasteiger partial charge in [-0.1, -0.05) is 12.1 Å². The van der Waals surface area contributed by atoms with Crippen LogP contribution in [0.1, 0.15) is 47.2 Å². The maximum atomic E-state index is 13.7. The molecule has 176 valence electrons. The van der Waals surface area contributed by atoms with E-state index in [1.54, 1.807) is 28.0 Å². The van der Waals surface area contributed by atoms with E-state index >= 15 is 0 Å². The van der Waals surface area contributed by atoms with E-state index in [2.05, 4.69) is 0 Å². The van der Waals surface area contributed by atoms with Crippen LogP contribution in [0.3, 0.4) is 0 Å². The highest BCUT2D eigenvalue weighted by atomic mass is 19.2. The van der Waals surface area contributed by atoms with Gasteiger partial charge in [0.15, 0.2) is 11.6 Å². The predicted molar refractivity (Wildman–Crippen MR) is 120 cm³/mol. The quantitative estimate of drug-likeness (QED) is 0.723. The summed E-state index contributed by atoms with van der Waals surface area (Å²) in [5, 5.41) is 0. The van der Waals surface area contributed by atoms with Crippen molar-refractivity contribution in [2.45, 2.75) is 38.1 Å². The van der Waals surface area contributed by atoms with E-state index in [9.17, 15) is 18.4 Å². The lowest BCUT2D eigenvalue weighted by Gasteiger charge is -2.35. The second-order valence-corrected chi connectivity index (χ2v) is 8.58. The summed E-state index contributed by atoms with van der Waals surface area (Å²) >= 11 is 0. The van der Waals surface area contributed by atoms with E-state index in [4.69, 9.17) is 10.5 Å². The first-order valence-electron chi connectivity index (χ1n) is 11.4. The number of hydrogen-bond donors (Lipinski definition) is 1. The fourth-order valence-corrected chi connectivity index (χ4v) is 4.80. The van der Waals surface area contributed by atoms with Gasteiger partial charge in [0, 0.05) is 44.6 Å². The minimum atomic E-state index is -0.883. The van der Waals surface area contributed by atoms with Gasteiger partial charge < -0.3 is 20.3 Å². The molecule has 2 atom stereocenters. The standard InChI is InChI=1S/C25H29F2N3O3/c1-2-33-23-6-4-3-5-18(23)25(32)30-11-9-29(10-12-30)24(31)15-22(28)17-8-7-16-13-20(26)21(27)14-19(16)17/h3-6,13-14,17,22H,2,7-12,15,28H2,1H3/t17-,22-/m0/s1. The molecule has 1 aliphatic carbocycles. The van der Waals surface area contributed by atoms with Crippen molar-refractivity contribution in [2.24, 2.45) is 5.73 Å². The molecule has 8 heteroatoms. The van der Waals surface area contributed by atoms with Crippen molar-refractivity contribution in [1.82, 2.24) is 9.80 Å². The zero-order valence-electron chi connectivity index (χ0n) is 18.7. The molecule has 1 saturated heterocycles. The van der Waals surface area contributed by atoms with Gasteiger partial charge in [0.2, 0.25) is 5.91 Å². The van der Waals surface area contributed by atoms with Crippen LogP contribution in [0, 0.1) is 11.6 Å². The minimum absolute atomic E-state index is 0.0830. The molecule has 0 bridgehead atoms. The first-order chi connectivity index (χ1) is 15.9. The lowest BCUT2D eigenvalue weighted by Crippen LogP contribution is -2.51. The number of nitrogens with two attached hydrogens (primary N) is 1. The van der Waals surface area contributed by atoms with E-state index in [1.165, 1.54) is 12.1 Å². The average Bonchev–Trinajstić information content (AvgIpc) is 3.22. The lowest BCUT2D eigenvalue weighted by atomic mass is 9.91. The van der Waals surface area contributed by atoms with Crippen LogP contribution in [0.5, 0.6) is 5.75 Å². The Morgan fingerprint density at radius 3 is 2.48 bits per heavy atom. The maximum Gasteiger partial charge on any atom is 0.257 e. The number of fused-ring (bicyclic) bond motifs is 1. The SMILES string of the molecule is CCOc1ccccc1C(=O)N1CCN(C(=O)C[C@H](N)[C@H]2CCc3cc(F)c(F)cc32)CC1. The Bertz CT molecular complexity index is 1040. The molecule has 0 saturated carbocycles. The number of carbonyl (C=O) groups excluding carboxylic acids is 2. The maximum absolute atomic E-state index is 13.7. The summed E-state index contributed by atoms with van der Waals surface area (Å²) in [6, 6.07) is 9.14. The molecule has 0 radical (unpaired) electrons. The molecule has 2 aliphatic rings. The molecule has 2 aromatic rings. The molecule has 0 aromatic heterocycles. The normalized spacial score (nSPS) is 18.7. The molecule has 6 nitrogen and oxygen atoms in total. The third kappa shape index (κ3) is 4.85. The summed E-state index contributed by atoms with van der Waals surface area (Å²) < 4.78 is 32.8. The zero-order chi connectivity index (χ0) is 23.5. The summed E-state index contributed by atoms with van der Waals surface area (Å²) in [5.41, 5.74) is 8.33. The fraction of sp³-hybridized carbons (Fsp3) is 0.440. The topological polar surface area (TPSA) is 75.9 Å². The Morgan fingerprint density at radius 1 is 1.09 bits per heavy atom. The van der Waals surface area contributed by atoms with Crippen molar-refractivity contribution >= 4 is 11.8 Å². The summed E-state index contributed by atoms with van der Waals surface area (Å²) in [4.78, 5) is 29.3. The van der Waals surface area contributed by atoms with Gasteiger partial charge in [0.25, 0.3) is 5.91 Å². The summed E-state index contributed by atoms with van der Waals surface area (Å²) in [5.74, 6) is -1.54. The van der Waals surface area contributed by atoms with Crippen molar-refractivity contribution in [1.29, 1.82) is 0 Å². The van der Waals surface area contributed by atoms with Crippen molar-refractivity contribution in [3.8, 4) is 5.75 Å². The number of piperazine rings is 1. The third-order valence-corrected chi connectivity index (χ3v) is 6.57. The molecule has 2 aromatic carbocycles. The largest absolute Gasteiger partial charge is 0.493 e. The smallest absolute Gasteiger partial charge is 0.257 e. The van der Waals surface area contributed by atoms with Crippen LogP contribution >= 0.6 is 0 Å². The summed E-state index contributed by atoms with van der Waals surface area (Å²) in [6.45, 7) is 4.05. The Hall–Kier alpha value is -3.00. The molecule has 0 spiro atoms. The Morgan fingerprint density at radius 2 is 1.76 bits per heavy atom. The van der Waals surface area contributed by atoms with E-state index in [0.29, 0.717) is 62.5 Å². The van der Waals surface area contributed by atoms with Gasteiger partial charge in [-0.05, 0) is 55.2 Å². The van der Waals surface area contributed by atoms with Crippen molar-refractivity contribution in [3.63, 3.8) is 0 Å². The number of halogens is 2. The van der Waals surface area contributed by atoms with Crippen LogP contribution in [0.4, 0.5) is 8.78 Å². The van der Waals surface area contributed by atoms with Crippen molar-refractivity contribution in [2.75, 3.05) is 32.8 Å². The molecular formula is C25H29F2N3O3. The van der Waals surface area contributed by atoms with Gasteiger partial charge in [-0.2, -0.15) is 0 Å². The molecule has 1 heterocycles. The van der Waals surface area contributed by atoms with E-state index in [1.807, 2.05) is 13.0 Å². The molecule has 4 rings (SSSR count). The van der Waals surface area contributed by atoms with Crippen LogP contribution in [-0.2, 0) is 11.2 Å². The Kier molecular flexibility index (Phi) is 6.93. The first-order valence-corrected chi connectivity index (χ1v) is 11.4. The van der Waals surface area contributed by atoms with Gasteiger partial charge in [-0.15, -0.1) is 0 Å². The summed E-state index contributed by atoms with van der Waals surface area (Å²) in [7, 11) is 0. The highest BCUT2D eigenvalue weighted by Crippen LogP contribution is 2.37. The monoisotopic (exact) mass is 457 g/mol. The highest BCUT2D eigenvalue weighted by molar-refractivity contribution is 5.97. The number of amides is 2. The van der Waals surface area contributed by atoms with Gasteiger partial charge in [-0.3, -0.25) is 9.59 Å². The average molecular weight is 458 g/mol. The number of nitrogens with zero attached hydrogens (tertiary/aromatic N) is 2. The molecule has 33 heavy (non-hydrogen) atoms. The number of para-hydroxylation sites is 1. The van der Waals surface area contributed by atoms with Crippen molar-refractivity contribution in [3.05, 3.63) is 64.7 Å². The van der Waals surface area contributed by atoms with Crippen LogP contribution in [-0.4, -0.2) is 60.4 Å². The number of rotatable bonds is 6. The number of hydrogen-bond acceptors (Lipinski definition) is 4. The first kappa shape index (κ1) is 23.2. The van der Waals surface area contributed by atoms with Crippen LogP contribution in [0.2, 0.25) is 0 Å². The number of aryl methyl sites for hydroxylation is 1. The number of carbonyl (C=O) groups is 2. The van der Waals surface area contributed by atoms with Crippen LogP contribution in [0.25, 0.3) is 0 Å². The molecule has 1 fully saturated rings. The van der Waals surface area contributed by atoms with Gasteiger partial charge in [-0.25, -0.2) is 8.78 Å². The molecule has 2 N–H and O–H groups in total. The lowest BCUT2D eigenvalue weighted by molar-refractivity contribution is -0.133. The van der Waals surface area contributed by atoms with Gasteiger partial charge >= 0.3 is 0 Å². The van der Waals surface area contributed by atoms with E-state index in [0.717, 1.165) is 5.56 Å². The number of benzene rings is 2. The minimum Gasteiger partial charge on any atom is -0.493 e. The van der Waals surface area contributed by atoms with Crippen molar-refractivity contribution < 1.29 is 23.1 Å². The Labute approximate surface area is 192 Å². The predicted octanol–water partition coefficient (Wildman–Crippen LogP) is 3.10. The van der Waals surface area contributed by atoms with Crippen LogP contribution in [0.15, 0.2) is 36.4 Å². The number of ether oxygens (including phenoxy) is 1. The molecule has 2 amide bonds. The molecule has 0 unspecified atom stereocenters. The second-order valence-electron chi connectivity index (χ2n) is 8.58. The third-order valence-electron chi connectivity index (χ3n) is 6.57. The molecular weight excluding hydrogens is 428 g/mol. The molecule has 1 aliphatic heterocycles. The summed E-state index contributed by atoms with van der Waals surface area (Å²) in [6.07, 6.45) is 1.43. The highest BCUT2D eigenvalue weighted by Gasteiger charge is 2.32. The zero-order valence-corrected chi connectivity index (χ0v) is 18.7. The van der Waals surface area contributed by atoms with Crippen LogP contribution < -0.4 is 10.5 Å².